The molecule has 1 amide bonds. The summed E-state index contributed by atoms with van der Waals surface area (Å²) in [7, 11) is 3.09. The molecule has 0 saturated heterocycles. The van der Waals surface area contributed by atoms with Gasteiger partial charge in [0, 0.05) is 17.7 Å². The van der Waals surface area contributed by atoms with Crippen molar-refractivity contribution in [2.75, 3.05) is 19.5 Å². The van der Waals surface area contributed by atoms with Gasteiger partial charge in [0.15, 0.2) is 23.0 Å². The molecule has 6 nitrogen and oxygen atoms in total. The number of nitrogens with one attached hydrogen (secondary N) is 1. The molecule has 29 heavy (non-hydrogen) atoms. The van der Waals surface area contributed by atoms with Gasteiger partial charge in [-0.2, -0.15) is 0 Å². The summed E-state index contributed by atoms with van der Waals surface area (Å²) in [6, 6.07) is 20.4. The first-order valence-corrected chi connectivity index (χ1v) is 9.13. The predicted octanol–water partition coefficient (Wildman–Crippen LogP) is 4.69. The van der Waals surface area contributed by atoms with Crippen LogP contribution in [-0.4, -0.2) is 25.1 Å². The van der Waals surface area contributed by atoms with Crippen LogP contribution in [-0.2, 0) is 6.42 Å². The third-order valence-electron chi connectivity index (χ3n) is 4.53. The number of rotatable bonds is 6. The van der Waals surface area contributed by atoms with E-state index in [-0.39, 0.29) is 5.91 Å². The Labute approximate surface area is 168 Å². The van der Waals surface area contributed by atoms with Gasteiger partial charge >= 0.3 is 0 Å². The molecular formula is C23H20N2O4. The second kappa shape index (κ2) is 8.06. The number of hydrogen-bond donors (Lipinski definition) is 1. The molecule has 0 radical (unpaired) electrons. The van der Waals surface area contributed by atoms with Crippen molar-refractivity contribution in [2.45, 2.75) is 6.42 Å². The first-order valence-electron chi connectivity index (χ1n) is 9.13. The number of hydrogen-bond acceptors (Lipinski definition) is 5. The molecule has 0 fully saturated rings. The Kier molecular flexibility index (Phi) is 5.16. The van der Waals surface area contributed by atoms with Crippen molar-refractivity contribution in [3.05, 3.63) is 83.7 Å². The van der Waals surface area contributed by atoms with Gasteiger partial charge in [-0.3, -0.25) is 4.79 Å². The number of ether oxygens (including phenoxy) is 2. The molecular weight excluding hydrogens is 368 g/mol. The normalized spacial score (nSPS) is 10.7. The molecule has 0 aliphatic rings. The second-order valence-corrected chi connectivity index (χ2v) is 6.48. The fourth-order valence-electron chi connectivity index (χ4n) is 3.08. The molecule has 0 saturated carbocycles. The van der Waals surface area contributed by atoms with Crippen molar-refractivity contribution >= 4 is 22.7 Å². The van der Waals surface area contributed by atoms with Crippen LogP contribution in [0.5, 0.6) is 11.5 Å². The van der Waals surface area contributed by atoms with Gasteiger partial charge in [-0.15, -0.1) is 0 Å². The third-order valence-corrected chi connectivity index (χ3v) is 4.53. The monoisotopic (exact) mass is 388 g/mol. The minimum absolute atomic E-state index is 0.252. The van der Waals surface area contributed by atoms with Gasteiger partial charge in [0.05, 0.1) is 14.2 Å². The Morgan fingerprint density at radius 2 is 1.76 bits per heavy atom. The highest BCUT2D eigenvalue weighted by Gasteiger charge is 2.13. The maximum absolute atomic E-state index is 12.6. The molecule has 0 bridgehead atoms. The van der Waals surface area contributed by atoms with Crippen LogP contribution in [0.4, 0.5) is 5.69 Å². The molecule has 0 atom stereocenters. The minimum Gasteiger partial charge on any atom is -0.493 e. The van der Waals surface area contributed by atoms with Gasteiger partial charge in [-0.05, 0) is 42.0 Å². The van der Waals surface area contributed by atoms with E-state index in [1.165, 1.54) is 7.11 Å². The average Bonchev–Trinajstić information content (AvgIpc) is 3.15. The molecule has 6 heteroatoms. The van der Waals surface area contributed by atoms with Crippen molar-refractivity contribution in [3.8, 4) is 11.5 Å². The Morgan fingerprint density at radius 1 is 0.966 bits per heavy atom. The average molecular weight is 388 g/mol. The number of benzene rings is 3. The van der Waals surface area contributed by atoms with Crippen molar-refractivity contribution in [3.63, 3.8) is 0 Å². The molecule has 1 aromatic heterocycles. The number of carbonyl (C=O) groups is 1. The largest absolute Gasteiger partial charge is 0.493 e. The van der Waals surface area contributed by atoms with Crippen LogP contribution < -0.4 is 14.8 Å². The standard InChI is InChI=1S/C23H20N2O4/c1-27-20-10-8-16(13-21(20)28-2)23(26)24-17-9-11-19-18(14-17)25-22(29-19)12-15-6-4-3-5-7-15/h3-11,13-14H,12H2,1-2H3,(H,24,26). The lowest BCUT2D eigenvalue weighted by Gasteiger charge is -2.10. The molecule has 3 aromatic carbocycles. The maximum atomic E-state index is 12.6. The number of oxazole rings is 1. The molecule has 4 rings (SSSR count). The van der Waals surface area contributed by atoms with E-state index in [1.807, 2.05) is 30.3 Å². The summed E-state index contributed by atoms with van der Waals surface area (Å²) in [5, 5.41) is 2.88. The summed E-state index contributed by atoms with van der Waals surface area (Å²) < 4.78 is 16.3. The van der Waals surface area contributed by atoms with Gasteiger partial charge in [-0.25, -0.2) is 4.98 Å². The maximum Gasteiger partial charge on any atom is 0.255 e. The van der Waals surface area contributed by atoms with Crippen LogP contribution in [0.1, 0.15) is 21.8 Å². The van der Waals surface area contributed by atoms with E-state index in [0.29, 0.717) is 46.2 Å². The summed E-state index contributed by atoms with van der Waals surface area (Å²) in [6.07, 6.45) is 0.614. The molecule has 0 spiro atoms. The number of aromatic nitrogens is 1. The van der Waals surface area contributed by atoms with Crippen LogP contribution in [0.25, 0.3) is 11.1 Å². The first kappa shape index (κ1) is 18.6. The zero-order valence-corrected chi connectivity index (χ0v) is 16.1. The van der Waals surface area contributed by atoms with Gasteiger partial charge in [0.25, 0.3) is 5.91 Å². The van der Waals surface area contributed by atoms with Crippen LogP contribution in [0.3, 0.4) is 0 Å². The summed E-state index contributed by atoms with van der Waals surface area (Å²) in [5.41, 5.74) is 3.60. The molecule has 146 valence electrons. The van der Waals surface area contributed by atoms with Crippen molar-refractivity contribution < 1.29 is 18.7 Å². The minimum atomic E-state index is -0.252. The number of carbonyl (C=O) groups excluding carboxylic acids is 1. The topological polar surface area (TPSA) is 73.6 Å². The van der Waals surface area contributed by atoms with Crippen molar-refractivity contribution in [2.24, 2.45) is 0 Å². The SMILES string of the molecule is COc1ccc(C(=O)Nc2ccc3oc(Cc4ccccc4)nc3c2)cc1OC. The van der Waals surface area contributed by atoms with E-state index in [0.717, 1.165) is 5.56 Å². The third kappa shape index (κ3) is 4.06. The smallest absolute Gasteiger partial charge is 0.255 e. The number of anilines is 1. The van der Waals surface area contributed by atoms with E-state index in [2.05, 4.69) is 10.3 Å². The number of nitrogens with zero attached hydrogens (tertiary/aromatic N) is 1. The Bertz CT molecular complexity index is 1150. The summed E-state index contributed by atoms with van der Waals surface area (Å²) >= 11 is 0. The first-order chi connectivity index (χ1) is 14.2. The Hall–Kier alpha value is -3.80. The van der Waals surface area contributed by atoms with Crippen LogP contribution in [0.2, 0.25) is 0 Å². The number of amides is 1. The summed E-state index contributed by atoms with van der Waals surface area (Å²) in [5.74, 6) is 1.45. The van der Waals surface area contributed by atoms with Gasteiger partial charge in [0.1, 0.15) is 5.52 Å². The van der Waals surface area contributed by atoms with E-state index in [1.54, 1.807) is 43.5 Å². The van der Waals surface area contributed by atoms with Crippen molar-refractivity contribution in [1.29, 1.82) is 0 Å². The zero-order chi connectivity index (χ0) is 20.2. The predicted molar refractivity (Wildman–Crippen MR) is 111 cm³/mol. The lowest BCUT2D eigenvalue weighted by atomic mass is 10.1. The molecule has 1 N–H and O–H groups in total. The van der Waals surface area contributed by atoms with E-state index < -0.39 is 0 Å². The van der Waals surface area contributed by atoms with Gasteiger partial charge in [0.2, 0.25) is 0 Å². The summed E-state index contributed by atoms with van der Waals surface area (Å²) in [4.78, 5) is 17.2. The highest BCUT2D eigenvalue weighted by molar-refractivity contribution is 6.05. The van der Waals surface area contributed by atoms with E-state index in [4.69, 9.17) is 13.9 Å². The Morgan fingerprint density at radius 3 is 2.52 bits per heavy atom. The molecule has 1 heterocycles. The van der Waals surface area contributed by atoms with Crippen LogP contribution in [0.15, 0.2) is 71.1 Å². The second-order valence-electron chi connectivity index (χ2n) is 6.48. The molecule has 0 aliphatic carbocycles. The molecule has 0 unspecified atom stereocenters. The quantitative estimate of drug-likeness (QED) is 0.519. The lowest BCUT2D eigenvalue weighted by Crippen LogP contribution is -2.12. The summed E-state index contributed by atoms with van der Waals surface area (Å²) in [6.45, 7) is 0. The number of methoxy groups -OCH3 is 2. The van der Waals surface area contributed by atoms with Crippen LogP contribution >= 0.6 is 0 Å². The molecule has 0 aliphatic heterocycles. The number of fused-ring (bicyclic) bond motifs is 1. The van der Waals surface area contributed by atoms with E-state index >= 15 is 0 Å². The molecule has 4 aromatic rings. The van der Waals surface area contributed by atoms with Crippen LogP contribution in [0, 0.1) is 0 Å². The van der Waals surface area contributed by atoms with Gasteiger partial charge in [-0.1, -0.05) is 30.3 Å². The Balaban J connectivity index is 1.53. The van der Waals surface area contributed by atoms with Gasteiger partial charge < -0.3 is 19.2 Å². The van der Waals surface area contributed by atoms with Crippen molar-refractivity contribution in [1.82, 2.24) is 4.98 Å². The fourth-order valence-corrected chi connectivity index (χ4v) is 3.08. The van der Waals surface area contributed by atoms with E-state index in [9.17, 15) is 4.79 Å². The lowest BCUT2D eigenvalue weighted by molar-refractivity contribution is 0.102. The zero-order valence-electron chi connectivity index (χ0n) is 16.1. The fraction of sp³-hybridized carbons (Fsp3) is 0.130. The highest BCUT2D eigenvalue weighted by Crippen LogP contribution is 2.28. The highest BCUT2D eigenvalue weighted by atomic mass is 16.5.